The summed E-state index contributed by atoms with van der Waals surface area (Å²) in [5.41, 5.74) is 8.77. The normalized spacial score (nSPS) is 13.9. The second-order valence-electron chi connectivity index (χ2n) is 4.21. The van der Waals surface area contributed by atoms with Crippen molar-refractivity contribution in [1.82, 2.24) is 9.97 Å². The van der Waals surface area contributed by atoms with E-state index in [4.69, 9.17) is 10.8 Å². The third-order valence-corrected chi connectivity index (χ3v) is 3.19. The zero-order valence-corrected chi connectivity index (χ0v) is 9.10. The maximum absolute atomic E-state index is 10.9. The lowest BCUT2D eigenvalue weighted by atomic mass is 10.1. The number of carboxylic acid groups (broad SMARTS) is 1. The minimum Gasteiger partial charge on any atom is -0.478 e. The van der Waals surface area contributed by atoms with Gasteiger partial charge in [-0.15, -0.1) is 0 Å². The molecule has 0 fully saturated rings. The second-order valence-corrected chi connectivity index (χ2v) is 4.21. The van der Waals surface area contributed by atoms with Crippen LogP contribution in [0.15, 0.2) is 12.3 Å². The second kappa shape index (κ2) is 3.41. The summed E-state index contributed by atoms with van der Waals surface area (Å²) in [5.74, 6) is -0.441. The smallest absolute Gasteiger partial charge is 0.337 e. The Balaban J connectivity index is 2.35. The summed E-state index contributed by atoms with van der Waals surface area (Å²) in [7, 11) is 0. The largest absolute Gasteiger partial charge is 0.478 e. The molecule has 0 unspecified atom stereocenters. The van der Waals surface area contributed by atoms with Crippen molar-refractivity contribution in [2.75, 3.05) is 5.73 Å². The SMILES string of the molecule is Nc1nc2ncc(C(=O)O)cc2c2c1CCC2. The number of pyridine rings is 2. The molecule has 0 saturated carbocycles. The number of aromatic nitrogens is 2. The van der Waals surface area contributed by atoms with Gasteiger partial charge < -0.3 is 10.8 Å². The first kappa shape index (κ1) is 10.0. The summed E-state index contributed by atoms with van der Waals surface area (Å²) >= 11 is 0. The quantitative estimate of drug-likeness (QED) is 0.771. The zero-order valence-electron chi connectivity index (χ0n) is 9.10. The van der Waals surface area contributed by atoms with Gasteiger partial charge in [0.15, 0.2) is 5.65 Å². The Hall–Kier alpha value is -2.17. The molecule has 2 heterocycles. The highest BCUT2D eigenvalue weighted by molar-refractivity contribution is 5.93. The van der Waals surface area contributed by atoms with Crippen molar-refractivity contribution in [2.24, 2.45) is 0 Å². The fourth-order valence-electron chi connectivity index (χ4n) is 2.39. The van der Waals surface area contributed by atoms with Gasteiger partial charge in [0, 0.05) is 11.6 Å². The van der Waals surface area contributed by atoms with Crippen LogP contribution in [0.25, 0.3) is 11.0 Å². The summed E-state index contributed by atoms with van der Waals surface area (Å²) in [6.45, 7) is 0. The first-order chi connectivity index (χ1) is 8.16. The number of anilines is 1. The van der Waals surface area contributed by atoms with Crippen LogP contribution in [0, 0.1) is 0 Å². The van der Waals surface area contributed by atoms with E-state index in [2.05, 4.69) is 9.97 Å². The van der Waals surface area contributed by atoms with Crippen LogP contribution in [0.5, 0.6) is 0 Å². The van der Waals surface area contributed by atoms with E-state index in [1.807, 2.05) is 0 Å². The number of fused-ring (bicyclic) bond motifs is 3. The maximum atomic E-state index is 10.9. The molecule has 2 aromatic heterocycles. The average molecular weight is 229 g/mol. The van der Waals surface area contributed by atoms with Crippen molar-refractivity contribution in [3.05, 3.63) is 29.0 Å². The van der Waals surface area contributed by atoms with Gasteiger partial charge in [0.05, 0.1) is 5.56 Å². The topological polar surface area (TPSA) is 89.1 Å². The van der Waals surface area contributed by atoms with Gasteiger partial charge in [0.1, 0.15) is 5.82 Å². The van der Waals surface area contributed by atoms with Gasteiger partial charge in [-0.05, 0) is 36.5 Å². The molecule has 1 aliphatic carbocycles. The standard InChI is InChI=1S/C12H11N3O2/c13-10-8-3-1-2-7(8)9-4-6(12(16)17)5-14-11(9)15-10/h4-5H,1-3H2,(H,16,17)(H2,13,14,15). The highest BCUT2D eigenvalue weighted by atomic mass is 16.4. The van der Waals surface area contributed by atoms with E-state index in [-0.39, 0.29) is 5.56 Å². The molecule has 0 bridgehead atoms. The van der Waals surface area contributed by atoms with Crippen molar-refractivity contribution in [3.63, 3.8) is 0 Å². The molecular weight excluding hydrogens is 218 g/mol. The van der Waals surface area contributed by atoms with Gasteiger partial charge >= 0.3 is 5.97 Å². The number of aryl methyl sites for hydroxylation is 1. The van der Waals surface area contributed by atoms with Crippen LogP contribution in [-0.4, -0.2) is 21.0 Å². The van der Waals surface area contributed by atoms with Gasteiger partial charge in [-0.25, -0.2) is 14.8 Å². The Morgan fingerprint density at radius 1 is 1.35 bits per heavy atom. The van der Waals surface area contributed by atoms with Crippen molar-refractivity contribution >= 4 is 22.8 Å². The minimum absolute atomic E-state index is 0.193. The molecule has 3 rings (SSSR count). The Kier molecular flexibility index (Phi) is 2.01. The highest BCUT2D eigenvalue weighted by Crippen LogP contribution is 2.31. The van der Waals surface area contributed by atoms with E-state index >= 15 is 0 Å². The zero-order chi connectivity index (χ0) is 12.0. The lowest BCUT2D eigenvalue weighted by Crippen LogP contribution is -2.03. The van der Waals surface area contributed by atoms with Crippen LogP contribution < -0.4 is 5.73 Å². The Bertz CT molecular complexity index is 637. The fourth-order valence-corrected chi connectivity index (χ4v) is 2.39. The first-order valence-corrected chi connectivity index (χ1v) is 5.47. The molecule has 2 aromatic rings. The predicted molar refractivity (Wildman–Crippen MR) is 62.9 cm³/mol. The predicted octanol–water partition coefficient (Wildman–Crippen LogP) is 1.40. The molecule has 0 saturated heterocycles. The highest BCUT2D eigenvalue weighted by Gasteiger charge is 2.19. The van der Waals surface area contributed by atoms with E-state index < -0.39 is 5.97 Å². The molecule has 17 heavy (non-hydrogen) atoms. The van der Waals surface area contributed by atoms with E-state index in [1.165, 1.54) is 6.20 Å². The molecule has 5 nitrogen and oxygen atoms in total. The van der Waals surface area contributed by atoms with Crippen LogP contribution in [-0.2, 0) is 12.8 Å². The molecule has 0 amide bonds. The number of hydrogen-bond acceptors (Lipinski definition) is 4. The van der Waals surface area contributed by atoms with E-state index in [0.717, 1.165) is 35.8 Å². The number of nitrogens with two attached hydrogens (primary N) is 1. The van der Waals surface area contributed by atoms with Crippen molar-refractivity contribution in [2.45, 2.75) is 19.3 Å². The lowest BCUT2D eigenvalue weighted by Gasteiger charge is -2.07. The monoisotopic (exact) mass is 229 g/mol. The fraction of sp³-hybridized carbons (Fsp3) is 0.250. The van der Waals surface area contributed by atoms with Crippen LogP contribution in [0.2, 0.25) is 0 Å². The van der Waals surface area contributed by atoms with Gasteiger partial charge in [0.25, 0.3) is 0 Å². The van der Waals surface area contributed by atoms with Crippen LogP contribution in [0.4, 0.5) is 5.82 Å². The van der Waals surface area contributed by atoms with E-state index in [0.29, 0.717) is 11.5 Å². The molecule has 3 N–H and O–H groups in total. The number of carbonyl (C=O) groups is 1. The summed E-state index contributed by atoms with van der Waals surface area (Å²) in [5, 5.41) is 9.79. The molecule has 0 radical (unpaired) electrons. The summed E-state index contributed by atoms with van der Waals surface area (Å²) < 4.78 is 0. The van der Waals surface area contributed by atoms with Gasteiger partial charge in [-0.2, -0.15) is 0 Å². The number of rotatable bonds is 1. The Morgan fingerprint density at radius 2 is 2.12 bits per heavy atom. The third-order valence-electron chi connectivity index (χ3n) is 3.19. The van der Waals surface area contributed by atoms with Crippen molar-refractivity contribution in [3.8, 4) is 0 Å². The third kappa shape index (κ3) is 1.43. The first-order valence-electron chi connectivity index (χ1n) is 5.47. The molecule has 1 aliphatic rings. The van der Waals surface area contributed by atoms with Crippen molar-refractivity contribution < 1.29 is 9.90 Å². The molecule has 86 valence electrons. The molecule has 5 heteroatoms. The van der Waals surface area contributed by atoms with Gasteiger partial charge in [-0.1, -0.05) is 0 Å². The number of hydrogen-bond donors (Lipinski definition) is 2. The summed E-state index contributed by atoms with van der Waals surface area (Å²) in [4.78, 5) is 19.2. The number of aromatic carboxylic acids is 1. The Morgan fingerprint density at radius 3 is 2.88 bits per heavy atom. The summed E-state index contributed by atoms with van der Waals surface area (Å²) in [6, 6.07) is 1.64. The van der Waals surface area contributed by atoms with Gasteiger partial charge in [-0.3, -0.25) is 0 Å². The van der Waals surface area contributed by atoms with Gasteiger partial charge in [0.2, 0.25) is 0 Å². The minimum atomic E-state index is -0.969. The van der Waals surface area contributed by atoms with E-state index in [1.54, 1.807) is 6.07 Å². The average Bonchev–Trinajstić information content (AvgIpc) is 2.78. The number of carboxylic acids is 1. The number of nitrogen functional groups attached to an aromatic ring is 1. The Labute approximate surface area is 97.3 Å². The number of nitrogens with zero attached hydrogens (tertiary/aromatic N) is 2. The molecule has 0 atom stereocenters. The van der Waals surface area contributed by atoms with Crippen molar-refractivity contribution in [1.29, 1.82) is 0 Å². The van der Waals surface area contributed by atoms with Crippen LogP contribution in [0.3, 0.4) is 0 Å². The maximum Gasteiger partial charge on any atom is 0.337 e. The van der Waals surface area contributed by atoms with Crippen LogP contribution in [0.1, 0.15) is 27.9 Å². The lowest BCUT2D eigenvalue weighted by molar-refractivity contribution is 0.0696. The molecule has 0 aliphatic heterocycles. The van der Waals surface area contributed by atoms with E-state index in [9.17, 15) is 4.79 Å². The summed E-state index contributed by atoms with van der Waals surface area (Å²) in [6.07, 6.45) is 4.20. The molecule has 0 aromatic carbocycles. The molecule has 0 spiro atoms. The van der Waals surface area contributed by atoms with Crippen LogP contribution >= 0.6 is 0 Å². The molecular formula is C12H11N3O2.